The molecule has 1 aliphatic carbocycles. The summed E-state index contributed by atoms with van der Waals surface area (Å²) >= 11 is 0. The Morgan fingerprint density at radius 2 is 1.40 bits per heavy atom. The van der Waals surface area contributed by atoms with Crippen molar-refractivity contribution in [1.29, 1.82) is 0 Å². The summed E-state index contributed by atoms with van der Waals surface area (Å²) < 4.78 is 0. The number of rotatable bonds is 3. The first-order valence-corrected chi connectivity index (χ1v) is 8.97. The van der Waals surface area contributed by atoms with Crippen molar-refractivity contribution >= 4 is 11.8 Å². The van der Waals surface area contributed by atoms with Crippen molar-refractivity contribution in [2.45, 2.75) is 31.5 Å². The molecule has 1 saturated carbocycles. The normalized spacial score (nSPS) is 28.0. The number of fused-ring (bicyclic) bond motifs is 3. The highest BCUT2D eigenvalue weighted by Gasteiger charge is 2.52. The van der Waals surface area contributed by atoms with E-state index >= 15 is 0 Å². The molecule has 2 fully saturated rings. The van der Waals surface area contributed by atoms with Crippen LogP contribution in [0.25, 0.3) is 0 Å². The van der Waals surface area contributed by atoms with Gasteiger partial charge in [-0.25, -0.2) is 0 Å². The third kappa shape index (κ3) is 2.24. The highest BCUT2D eigenvalue weighted by atomic mass is 16.2. The average molecular weight is 332 g/mol. The molecule has 0 N–H and O–H groups in total. The van der Waals surface area contributed by atoms with E-state index in [4.69, 9.17) is 0 Å². The van der Waals surface area contributed by atoms with Crippen molar-refractivity contribution < 1.29 is 9.59 Å². The van der Waals surface area contributed by atoms with Gasteiger partial charge in [0.1, 0.15) is 0 Å². The number of amides is 2. The molecular formula is C21H20N2O2. The molecule has 126 valence electrons. The van der Waals surface area contributed by atoms with Gasteiger partial charge in [0.25, 0.3) is 11.8 Å². The number of carbonyl (C=O) groups is 2. The van der Waals surface area contributed by atoms with E-state index in [-0.39, 0.29) is 23.9 Å². The summed E-state index contributed by atoms with van der Waals surface area (Å²) in [6.07, 6.45) is 2.03. The van der Waals surface area contributed by atoms with Crippen LogP contribution in [0.4, 0.5) is 0 Å². The van der Waals surface area contributed by atoms with Gasteiger partial charge in [-0.1, -0.05) is 42.5 Å². The Bertz CT molecular complexity index is 813. The number of hydrogen-bond donors (Lipinski definition) is 0. The Balaban J connectivity index is 1.41. The number of hydrogen-bond acceptors (Lipinski definition) is 3. The second kappa shape index (κ2) is 5.53. The Labute approximate surface area is 147 Å². The van der Waals surface area contributed by atoms with E-state index in [9.17, 15) is 9.59 Å². The SMILES string of the molecule is O=C1c2ccccc2C(=O)N1[C@@H]1C[C@H]2C[C@@H]1N(Cc1ccccc1)C2. The largest absolute Gasteiger partial charge is 0.294 e. The fourth-order valence-electron chi connectivity index (χ4n) is 4.89. The number of likely N-dealkylation sites (tertiary alicyclic amines) is 1. The van der Waals surface area contributed by atoms with E-state index in [0.29, 0.717) is 17.0 Å². The number of imide groups is 1. The zero-order valence-corrected chi connectivity index (χ0v) is 14.0. The van der Waals surface area contributed by atoms with Crippen LogP contribution in [0.2, 0.25) is 0 Å². The molecule has 0 radical (unpaired) electrons. The van der Waals surface area contributed by atoms with Crippen molar-refractivity contribution in [3.8, 4) is 0 Å². The van der Waals surface area contributed by atoms with Crippen molar-refractivity contribution in [2.75, 3.05) is 6.54 Å². The summed E-state index contributed by atoms with van der Waals surface area (Å²) in [5.41, 5.74) is 2.41. The van der Waals surface area contributed by atoms with Gasteiger partial charge in [0.2, 0.25) is 0 Å². The van der Waals surface area contributed by atoms with Crippen molar-refractivity contribution in [2.24, 2.45) is 5.92 Å². The lowest BCUT2D eigenvalue weighted by atomic mass is 10.0. The van der Waals surface area contributed by atoms with Crippen LogP contribution in [-0.4, -0.2) is 40.2 Å². The lowest BCUT2D eigenvalue weighted by Gasteiger charge is -2.37. The van der Waals surface area contributed by atoms with Crippen LogP contribution in [0.5, 0.6) is 0 Å². The maximum Gasteiger partial charge on any atom is 0.261 e. The molecule has 2 aromatic rings. The zero-order valence-electron chi connectivity index (χ0n) is 14.0. The summed E-state index contributed by atoms with van der Waals surface area (Å²) in [7, 11) is 0. The topological polar surface area (TPSA) is 40.6 Å². The van der Waals surface area contributed by atoms with Gasteiger partial charge in [-0.05, 0) is 36.5 Å². The summed E-state index contributed by atoms with van der Waals surface area (Å²) in [4.78, 5) is 29.6. The highest BCUT2D eigenvalue weighted by Crippen LogP contribution is 2.43. The van der Waals surface area contributed by atoms with Gasteiger partial charge in [0, 0.05) is 19.1 Å². The molecule has 2 aliphatic heterocycles. The molecule has 0 unspecified atom stereocenters. The second-order valence-electron chi connectivity index (χ2n) is 7.41. The third-order valence-electron chi connectivity index (χ3n) is 5.94. The van der Waals surface area contributed by atoms with Crippen molar-refractivity contribution in [1.82, 2.24) is 9.80 Å². The maximum atomic E-state index is 12.8. The van der Waals surface area contributed by atoms with E-state index in [1.54, 1.807) is 17.0 Å². The van der Waals surface area contributed by atoms with Crippen molar-refractivity contribution in [3.05, 3.63) is 71.3 Å². The lowest BCUT2D eigenvalue weighted by Crippen LogP contribution is -2.51. The standard InChI is InChI=1S/C21H20N2O2/c24-20-16-8-4-5-9-17(16)21(25)23(20)19-11-15-10-18(19)22(13-15)12-14-6-2-1-3-7-14/h1-9,15,18-19H,10-13H2/t15-,18+,19-/m1/s1. The molecule has 3 atom stereocenters. The van der Waals surface area contributed by atoms with Gasteiger partial charge in [0.05, 0.1) is 17.2 Å². The first-order chi connectivity index (χ1) is 12.2. The molecule has 2 amide bonds. The predicted molar refractivity (Wildman–Crippen MR) is 94.1 cm³/mol. The van der Waals surface area contributed by atoms with E-state index in [1.807, 2.05) is 18.2 Å². The first-order valence-electron chi connectivity index (χ1n) is 8.97. The molecule has 0 spiro atoms. The average Bonchev–Trinajstić information content (AvgIpc) is 3.29. The number of benzene rings is 2. The summed E-state index contributed by atoms with van der Waals surface area (Å²) in [5, 5.41) is 0. The minimum absolute atomic E-state index is 0.00913. The van der Waals surface area contributed by atoms with Gasteiger partial charge in [-0.3, -0.25) is 19.4 Å². The summed E-state index contributed by atoms with van der Waals surface area (Å²) in [5.74, 6) is 0.360. The van der Waals surface area contributed by atoms with Crippen molar-refractivity contribution in [3.63, 3.8) is 0 Å². The van der Waals surface area contributed by atoms with Crippen LogP contribution in [-0.2, 0) is 6.54 Å². The maximum absolute atomic E-state index is 12.8. The zero-order chi connectivity index (χ0) is 17.0. The Kier molecular flexibility index (Phi) is 3.28. The Morgan fingerprint density at radius 3 is 2.04 bits per heavy atom. The quantitative estimate of drug-likeness (QED) is 0.812. The minimum atomic E-state index is -0.113. The van der Waals surface area contributed by atoms with Crippen LogP contribution in [0.15, 0.2) is 54.6 Å². The van der Waals surface area contributed by atoms with Gasteiger partial charge in [-0.2, -0.15) is 0 Å². The second-order valence-corrected chi connectivity index (χ2v) is 7.41. The number of nitrogens with zero attached hydrogens (tertiary/aromatic N) is 2. The molecule has 25 heavy (non-hydrogen) atoms. The summed E-state index contributed by atoms with van der Waals surface area (Å²) in [6, 6.07) is 17.9. The summed E-state index contributed by atoms with van der Waals surface area (Å²) in [6.45, 7) is 1.96. The van der Waals surface area contributed by atoms with Gasteiger partial charge >= 0.3 is 0 Å². The van der Waals surface area contributed by atoms with Crippen LogP contribution < -0.4 is 0 Å². The molecule has 1 saturated heterocycles. The van der Waals surface area contributed by atoms with Crippen LogP contribution in [0.3, 0.4) is 0 Å². The molecule has 2 heterocycles. The minimum Gasteiger partial charge on any atom is -0.294 e. The van der Waals surface area contributed by atoms with Gasteiger partial charge < -0.3 is 0 Å². The number of carbonyl (C=O) groups excluding carboxylic acids is 2. The van der Waals surface area contributed by atoms with E-state index in [2.05, 4.69) is 29.2 Å². The highest BCUT2D eigenvalue weighted by molar-refractivity contribution is 6.21. The molecule has 5 rings (SSSR count). The molecule has 0 aromatic heterocycles. The van der Waals surface area contributed by atoms with E-state index in [1.165, 1.54) is 5.56 Å². The molecular weight excluding hydrogens is 312 g/mol. The van der Waals surface area contributed by atoms with Gasteiger partial charge in [0.15, 0.2) is 0 Å². The Hall–Kier alpha value is -2.46. The van der Waals surface area contributed by atoms with E-state index in [0.717, 1.165) is 25.9 Å². The fourth-order valence-corrected chi connectivity index (χ4v) is 4.89. The molecule has 2 bridgehead atoms. The predicted octanol–water partition coefficient (Wildman–Crippen LogP) is 2.95. The Morgan fingerprint density at radius 1 is 0.800 bits per heavy atom. The van der Waals surface area contributed by atoms with E-state index < -0.39 is 0 Å². The monoisotopic (exact) mass is 332 g/mol. The molecule has 3 aliphatic rings. The number of piperidine rings is 1. The fraction of sp³-hybridized carbons (Fsp3) is 0.333. The van der Waals surface area contributed by atoms with Crippen LogP contribution in [0, 0.1) is 5.92 Å². The molecule has 4 nitrogen and oxygen atoms in total. The molecule has 4 heteroatoms. The molecule has 2 aromatic carbocycles. The van der Waals surface area contributed by atoms with Crippen LogP contribution in [0.1, 0.15) is 39.1 Å². The lowest BCUT2D eigenvalue weighted by molar-refractivity contribution is 0.0443. The third-order valence-corrected chi connectivity index (χ3v) is 5.94. The van der Waals surface area contributed by atoms with Crippen LogP contribution >= 0.6 is 0 Å². The first kappa shape index (κ1) is 14.8. The smallest absolute Gasteiger partial charge is 0.261 e. The van der Waals surface area contributed by atoms with Gasteiger partial charge in [-0.15, -0.1) is 0 Å².